The third-order valence-corrected chi connectivity index (χ3v) is 9.61. The molecule has 250 valence electrons. The van der Waals surface area contributed by atoms with Crippen LogP contribution < -0.4 is 15.1 Å². The van der Waals surface area contributed by atoms with E-state index < -0.39 is 53.6 Å². The maximum atomic E-state index is 14.8. The molecule has 0 radical (unpaired) electrons. The molecule has 2 saturated heterocycles. The van der Waals surface area contributed by atoms with Crippen molar-refractivity contribution in [3.63, 3.8) is 0 Å². The molecule has 7 atom stereocenters. The second-order valence-corrected chi connectivity index (χ2v) is 13.1. The number of likely N-dealkylation sites (tertiary alicyclic amines) is 1. The van der Waals surface area contributed by atoms with Gasteiger partial charge in [-0.3, -0.25) is 19.2 Å². The van der Waals surface area contributed by atoms with E-state index in [1.807, 2.05) is 44.2 Å². The summed E-state index contributed by atoms with van der Waals surface area (Å²) in [6, 6.07) is 6.02. The zero-order valence-corrected chi connectivity index (χ0v) is 27.6. The van der Waals surface area contributed by atoms with Gasteiger partial charge >= 0.3 is 5.97 Å². The Morgan fingerprint density at radius 1 is 1.07 bits per heavy atom. The van der Waals surface area contributed by atoms with E-state index in [9.17, 15) is 24.3 Å². The molecular formula is C35H48N4O7. The molecule has 0 bridgehead atoms. The number of ether oxygens (including phenoxy) is 2. The molecule has 2 fully saturated rings. The van der Waals surface area contributed by atoms with Gasteiger partial charge in [-0.1, -0.05) is 38.2 Å². The topological polar surface area (TPSA) is 129 Å². The average Bonchev–Trinajstić information content (AvgIpc) is 3.42. The third-order valence-electron chi connectivity index (χ3n) is 9.61. The van der Waals surface area contributed by atoms with Crippen LogP contribution in [-0.4, -0.2) is 96.4 Å². The Morgan fingerprint density at radius 3 is 2.43 bits per heavy atom. The number of nitrogens with zero attached hydrogens (tertiary/aromatic N) is 3. The normalized spacial score (nSPS) is 31.2. The second kappa shape index (κ2) is 14.0. The molecule has 2 N–H and O–H groups in total. The predicted octanol–water partition coefficient (Wildman–Crippen LogP) is 2.82. The fraction of sp³-hybridized carbons (Fsp3) is 0.600. The fourth-order valence-corrected chi connectivity index (χ4v) is 7.48. The van der Waals surface area contributed by atoms with Crippen molar-refractivity contribution in [2.24, 2.45) is 17.8 Å². The molecule has 1 aromatic rings. The van der Waals surface area contributed by atoms with E-state index >= 15 is 0 Å². The van der Waals surface area contributed by atoms with E-state index in [0.717, 1.165) is 18.8 Å². The molecule has 4 aliphatic heterocycles. The number of carbonyl (C=O) groups is 4. The van der Waals surface area contributed by atoms with E-state index in [-0.39, 0.29) is 43.8 Å². The first kappa shape index (κ1) is 33.7. The van der Waals surface area contributed by atoms with Crippen molar-refractivity contribution < 1.29 is 33.8 Å². The van der Waals surface area contributed by atoms with Crippen LogP contribution in [0.1, 0.15) is 53.9 Å². The summed E-state index contributed by atoms with van der Waals surface area (Å²) in [7, 11) is 0. The van der Waals surface area contributed by atoms with Crippen molar-refractivity contribution in [3.05, 3.63) is 48.6 Å². The van der Waals surface area contributed by atoms with Gasteiger partial charge in [-0.25, -0.2) is 0 Å². The maximum Gasteiger partial charge on any atom is 0.313 e. The highest BCUT2D eigenvalue weighted by Gasteiger charge is 2.72. The zero-order chi connectivity index (χ0) is 33.2. The number of hydrogen-bond donors (Lipinski definition) is 2. The van der Waals surface area contributed by atoms with Gasteiger partial charge in [-0.05, 0) is 63.8 Å². The lowest BCUT2D eigenvalue weighted by Gasteiger charge is -2.39. The Hall–Kier alpha value is -3.70. The Bertz CT molecular complexity index is 1360. The summed E-state index contributed by atoms with van der Waals surface area (Å²) in [6.07, 6.45) is 6.79. The van der Waals surface area contributed by atoms with Crippen molar-refractivity contribution >= 4 is 35.1 Å². The third kappa shape index (κ3) is 6.19. The van der Waals surface area contributed by atoms with E-state index in [2.05, 4.69) is 24.1 Å². The van der Waals surface area contributed by atoms with Gasteiger partial charge in [0, 0.05) is 37.4 Å². The number of hydrogen-bond acceptors (Lipinski definition) is 8. The van der Waals surface area contributed by atoms with Crippen LogP contribution in [0, 0.1) is 17.8 Å². The van der Waals surface area contributed by atoms with Gasteiger partial charge in [0.25, 0.3) is 5.91 Å². The van der Waals surface area contributed by atoms with Crippen molar-refractivity contribution in [1.82, 2.24) is 10.2 Å². The highest BCUT2D eigenvalue weighted by atomic mass is 16.6. The molecule has 1 aromatic carbocycles. The Kier molecular flexibility index (Phi) is 10.2. The lowest BCUT2D eigenvalue weighted by molar-refractivity contribution is -0.159. The summed E-state index contributed by atoms with van der Waals surface area (Å²) in [5.74, 6) is -3.46. The van der Waals surface area contributed by atoms with E-state index in [1.165, 1.54) is 4.90 Å². The molecular weight excluding hydrogens is 588 g/mol. The van der Waals surface area contributed by atoms with Gasteiger partial charge in [0.1, 0.15) is 23.7 Å². The van der Waals surface area contributed by atoms with Crippen LogP contribution in [0.4, 0.5) is 11.4 Å². The second-order valence-electron chi connectivity index (χ2n) is 13.1. The molecule has 4 heterocycles. The number of amides is 3. The number of fused-ring (bicyclic) bond motifs is 2. The Labute approximate surface area is 271 Å². The monoisotopic (exact) mass is 636 g/mol. The largest absolute Gasteiger partial charge is 0.460 e. The van der Waals surface area contributed by atoms with Gasteiger partial charge in [0.15, 0.2) is 0 Å². The van der Waals surface area contributed by atoms with Gasteiger partial charge in [-0.15, -0.1) is 0 Å². The van der Waals surface area contributed by atoms with Crippen LogP contribution in [0.3, 0.4) is 0 Å². The first-order valence-corrected chi connectivity index (χ1v) is 16.6. The summed E-state index contributed by atoms with van der Waals surface area (Å²) in [4.78, 5) is 60.9. The first-order valence-electron chi connectivity index (χ1n) is 16.6. The molecule has 0 aromatic heterocycles. The van der Waals surface area contributed by atoms with E-state index in [0.29, 0.717) is 18.5 Å². The van der Waals surface area contributed by atoms with E-state index in [1.54, 1.807) is 30.1 Å². The molecule has 11 nitrogen and oxygen atoms in total. The van der Waals surface area contributed by atoms with E-state index in [4.69, 9.17) is 9.47 Å². The SMILES string of the molecule is CCN(CC)c1ccc(N2CC=C[C@]34O[C@@H]5/C=C\CCC(=O)NC[C@@H](C)OC(=O)[C@@H]5[C@H]3C(=O)N([C@@H](CO)CC(C)C)[C@@H]4C2=O)cc1. The summed E-state index contributed by atoms with van der Waals surface area (Å²) in [6.45, 7) is 11.6. The van der Waals surface area contributed by atoms with Crippen LogP contribution in [0.2, 0.25) is 0 Å². The number of aliphatic hydroxyl groups excluding tert-OH is 1. The lowest BCUT2D eigenvalue weighted by Crippen LogP contribution is -2.58. The van der Waals surface area contributed by atoms with Gasteiger partial charge < -0.3 is 34.6 Å². The summed E-state index contributed by atoms with van der Waals surface area (Å²) in [5.41, 5.74) is 0.255. The number of allylic oxidation sites excluding steroid dienone is 1. The molecule has 3 amide bonds. The number of anilines is 2. The highest BCUT2D eigenvalue weighted by Crippen LogP contribution is 2.54. The Morgan fingerprint density at radius 2 is 1.78 bits per heavy atom. The Balaban J connectivity index is 1.59. The zero-order valence-electron chi connectivity index (χ0n) is 27.6. The van der Waals surface area contributed by atoms with Gasteiger partial charge in [0.2, 0.25) is 11.8 Å². The quantitative estimate of drug-likeness (QED) is 0.330. The molecule has 0 aliphatic carbocycles. The number of rotatable bonds is 8. The number of nitrogens with one attached hydrogen (secondary N) is 1. The van der Waals surface area contributed by atoms with Crippen LogP contribution in [0.15, 0.2) is 48.6 Å². The molecule has 0 saturated carbocycles. The minimum absolute atomic E-state index is 0.125. The molecule has 46 heavy (non-hydrogen) atoms. The maximum absolute atomic E-state index is 14.8. The molecule has 11 heteroatoms. The fourth-order valence-electron chi connectivity index (χ4n) is 7.48. The van der Waals surface area contributed by atoms with Crippen molar-refractivity contribution in [1.29, 1.82) is 0 Å². The van der Waals surface area contributed by atoms with Gasteiger partial charge in [-0.2, -0.15) is 0 Å². The summed E-state index contributed by atoms with van der Waals surface area (Å²) in [5, 5.41) is 13.4. The predicted molar refractivity (Wildman–Crippen MR) is 174 cm³/mol. The van der Waals surface area contributed by atoms with Crippen LogP contribution in [0.25, 0.3) is 0 Å². The number of aliphatic hydroxyl groups is 1. The standard InChI is InChI=1S/C35H48N4O7/c1-6-37(7-2)24-13-15-25(16-14-24)38-18-10-17-35-30(32(42)39(31(35)33(38)43)26(21-40)19-22(3)4)29-27(46-35)11-8-9-12-28(41)36-20-23(5)45-34(29)44/h8,10-11,13-17,22-23,26-27,29-31,40H,6-7,9,12,18-21H2,1-5H3,(H,36,41)/b11-8-/t23-,26-,27-,29+,30+,31-,35+/m1/s1. The lowest BCUT2D eigenvalue weighted by atomic mass is 9.78. The van der Waals surface area contributed by atoms with Crippen LogP contribution in [0.5, 0.6) is 0 Å². The number of cyclic esters (lactones) is 1. The minimum Gasteiger partial charge on any atom is -0.460 e. The number of carbonyl (C=O) groups excluding carboxylic acids is 4. The van der Waals surface area contributed by atoms with Gasteiger partial charge in [0.05, 0.1) is 31.2 Å². The smallest absolute Gasteiger partial charge is 0.313 e. The van der Waals surface area contributed by atoms with Crippen molar-refractivity contribution in [3.8, 4) is 0 Å². The van der Waals surface area contributed by atoms with Crippen molar-refractivity contribution in [2.45, 2.75) is 83.8 Å². The molecule has 4 aliphatic rings. The molecule has 0 unspecified atom stereocenters. The summed E-state index contributed by atoms with van der Waals surface area (Å²) >= 11 is 0. The van der Waals surface area contributed by atoms with Crippen LogP contribution in [-0.2, 0) is 28.7 Å². The number of esters is 1. The first-order chi connectivity index (χ1) is 22.1. The van der Waals surface area contributed by atoms with Crippen molar-refractivity contribution in [2.75, 3.05) is 42.6 Å². The summed E-state index contributed by atoms with van der Waals surface area (Å²) < 4.78 is 12.5. The molecule has 5 rings (SSSR count). The van der Waals surface area contributed by atoms with Crippen LogP contribution >= 0.6 is 0 Å². The molecule has 1 spiro atoms. The number of benzene rings is 1. The minimum atomic E-state index is -1.47. The highest BCUT2D eigenvalue weighted by molar-refractivity contribution is 6.05. The average molecular weight is 637 g/mol.